The lowest BCUT2D eigenvalue weighted by Crippen LogP contribution is -2.04. The SMILES string of the molecule is C=C1CCC(C=Cc2ccc(OC)cc2)CC1. The van der Waals surface area contributed by atoms with Crippen molar-refractivity contribution in [1.29, 1.82) is 0 Å². The van der Waals surface area contributed by atoms with Gasteiger partial charge in [-0.15, -0.1) is 0 Å². The number of ether oxygens (including phenoxy) is 1. The summed E-state index contributed by atoms with van der Waals surface area (Å²) in [4.78, 5) is 0. The largest absolute Gasteiger partial charge is 0.497 e. The Kier molecular flexibility index (Phi) is 4.03. The van der Waals surface area contributed by atoms with E-state index in [9.17, 15) is 0 Å². The molecule has 17 heavy (non-hydrogen) atoms. The molecule has 1 fully saturated rings. The highest BCUT2D eigenvalue weighted by Gasteiger charge is 2.12. The molecule has 0 atom stereocenters. The van der Waals surface area contributed by atoms with E-state index < -0.39 is 0 Å². The first-order valence-corrected chi connectivity index (χ1v) is 6.27. The molecule has 0 heterocycles. The monoisotopic (exact) mass is 228 g/mol. The molecule has 1 aromatic rings. The van der Waals surface area contributed by atoms with E-state index in [4.69, 9.17) is 4.74 Å². The van der Waals surface area contributed by atoms with Gasteiger partial charge in [-0.1, -0.05) is 36.4 Å². The van der Waals surface area contributed by atoms with Crippen LogP contribution in [0.3, 0.4) is 0 Å². The summed E-state index contributed by atoms with van der Waals surface area (Å²) in [6, 6.07) is 8.19. The zero-order valence-corrected chi connectivity index (χ0v) is 10.5. The molecule has 0 N–H and O–H groups in total. The van der Waals surface area contributed by atoms with Gasteiger partial charge >= 0.3 is 0 Å². The Morgan fingerprint density at radius 3 is 2.41 bits per heavy atom. The Hall–Kier alpha value is -1.50. The van der Waals surface area contributed by atoms with Gasteiger partial charge in [0.1, 0.15) is 5.75 Å². The van der Waals surface area contributed by atoms with Crippen molar-refractivity contribution < 1.29 is 4.74 Å². The van der Waals surface area contributed by atoms with E-state index >= 15 is 0 Å². The summed E-state index contributed by atoms with van der Waals surface area (Å²) in [5.74, 6) is 1.64. The number of methoxy groups -OCH3 is 1. The Morgan fingerprint density at radius 2 is 1.82 bits per heavy atom. The van der Waals surface area contributed by atoms with E-state index in [0.717, 1.165) is 11.7 Å². The van der Waals surface area contributed by atoms with E-state index in [1.165, 1.54) is 36.8 Å². The average molecular weight is 228 g/mol. The summed E-state index contributed by atoms with van der Waals surface area (Å²) < 4.78 is 5.14. The van der Waals surface area contributed by atoms with Crippen molar-refractivity contribution in [2.45, 2.75) is 25.7 Å². The summed E-state index contributed by atoms with van der Waals surface area (Å²) in [6.45, 7) is 4.05. The minimum absolute atomic E-state index is 0.725. The minimum atomic E-state index is 0.725. The Labute approximate surface area is 104 Å². The molecule has 0 bridgehead atoms. The van der Waals surface area contributed by atoms with Gasteiger partial charge in [-0.25, -0.2) is 0 Å². The molecule has 90 valence electrons. The number of rotatable bonds is 3. The fourth-order valence-corrected chi connectivity index (χ4v) is 2.20. The maximum absolute atomic E-state index is 5.14. The van der Waals surface area contributed by atoms with Crippen LogP contribution in [0.15, 0.2) is 42.5 Å². The van der Waals surface area contributed by atoms with Gasteiger partial charge < -0.3 is 4.74 Å². The zero-order chi connectivity index (χ0) is 12.1. The van der Waals surface area contributed by atoms with Crippen LogP contribution in [-0.4, -0.2) is 7.11 Å². The van der Waals surface area contributed by atoms with Gasteiger partial charge in [0.25, 0.3) is 0 Å². The minimum Gasteiger partial charge on any atom is -0.497 e. The highest BCUT2D eigenvalue weighted by atomic mass is 16.5. The predicted octanol–water partition coefficient (Wildman–Crippen LogP) is 4.45. The first kappa shape index (κ1) is 12.0. The first-order valence-electron chi connectivity index (χ1n) is 6.27. The lowest BCUT2D eigenvalue weighted by molar-refractivity contribution is 0.415. The fourth-order valence-electron chi connectivity index (χ4n) is 2.20. The van der Waals surface area contributed by atoms with Crippen LogP contribution in [0.4, 0.5) is 0 Å². The summed E-state index contributed by atoms with van der Waals surface area (Å²) in [6.07, 6.45) is 9.46. The topological polar surface area (TPSA) is 9.23 Å². The summed E-state index contributed by atoms with van der Waals surface area (Å²) in [7, 11) is 1.69. The van der Waals surface area contributed by atoms with E-state index in [1.54, 1.807) is 7.11 Å². The van der Waals surface area contributed by atoms with Crippen LogP contribution >= 0.6 is 0 Å². The van der Waals surface area contributed by atoms with Crippen LogP contribution in [-0.2, 0) is 0 Å². The molecule has 0 unspecified atom stereocenters. The molecular formula is C16H20O. The fraction of sp³-hybridized carbons (Fsp3) is 0.375. The third-order valence-electron chi connectivity index (χ3n) is 3.41. The van der Waals surface area contributed by atoms with Crippen molar-refractivity contribution in [2.75, 3.05) is 7.11 Å². The van der Waals surface area contributed by atoms with Crippen molar-refractivity contribution >= 4 is 6.08 Å². The van der Waals surface area contributed by atoms with Crippen molar-refractivity contribution in [3.05, 3.63) is 48.1 Å². The highest BCUT2D eigenvalue weighted by Crippen LogP contribution is 2.28. The predicted molar refractivity (Wildman–Crippen MR) is 73.1 cm³/mol. The summed E-state index contributed by atoms with van der Waals surface area (Å²) >= 11 is 0. The molecule has 0 radical (unpaired) electrons. The third kappa shape index (κ3) is 3.48. The van der Waals surface area contributed by atoms with Crippen LogP contribution in [0.5, 0.6) is 5.75 Å². The normalized spacial score (nSPS) is 17.6. The van der Waals surface area contributed by atoms with Gasteiger partial charge in [0.2, 0.25) is 0 Å². The van der Waals surface area contributed by atoms with Crippen LogP contribution in [0, 0.1) is 5.92 Å². The first-order chi connectivity index (χ1) is 8.28. The second-order valence-corrected chi connectivity index (χ2v) is 4.72. The quantitative estimate of drug-likeness (QED) is 0.694. The number of hydrogen-bond donors (Lipinski definition) is 0. The highest BCUT2D eigenvalue weighted by molar-refractivity contribution is 5.50. The standard InChI is InChI=1S/C16H20O/c1-13-3-5-14(6-4-13)7-8-15-9-11-16(17-2)12-10-15/h7-12,14H,1,3-6H2,2H3. The van der Waals surface area contributed by atoms with E-state index in [2.05, 4.69) is 30.9 Å². The van der Waals surface area contributed by atoms with Crippen LogP contribution in [0.1, 0.15) is 31.2 Å². The van der Waals surface area contributed by atoms with E-state index in [0.29, 0.717) is 0 Å². The molecule has 0 aliphatic heterocycles. The van der Waals surface area contributed by atoms with Gasteiger partial charge in [-0.05, 0) is 49.3 Å². The van der Waals surface area contributed by atoms with Crippen molar-refractivity contribution in [2.24, 2.45) is 5.92 Å². The van der Waals surface area contributed by atoms with Gasteiger partial charge in [0, 0.05) is 0 Å². The molecule has 1 aromatic carbocycles. The smallest absolute Gasteiger partial charge is 0.118 e. The molecule has 1 aliphatic carbocycles. The lowest BCUT2D eigenvalue weighted by atomic mass is 9.86. The van der Waals surface area contributed by atoms with Gasteiger partial charge in [-0.2, -0.15) is 0 Å². The number of benzene rings is 1. The van der Waals surface area contributed by atoms with Crippen LogP contribution < -0.4 is 4.74 Å². The summed E-state index contributed by atoms with van der Waals surface area (Å²) in [5.41, 5.74) is 2.66. The lowest BCUT2D eigenvalue weighted by Gasteiger charge is -2.20. The van der Waals surface area contributed by atoms with Crippen LogP contribution in [0.25, 0.3) is 6.08 Å². The molecular weight excluding hydrogens is 208 g/mol. The van der Waals surface area contributed by atoms with Crippen molar-refractivity contribution in [3.63, 3.8) is 0 Å². The van der Waals surface area contributed by atoms with Crippen molar-refractivity contribution in [3.8, 4) is 5.75 Å². The van der Waals surface area contributed by atoms with E-state index in [-0.39, 0.29) is 0 Å². The molecule has 0 aromatic heterocycles. The molecule has 1 nitrogen and oxygen atoms in total. The molecule has 1 heteroatoms. The zero-order valence-electron chi connectivity index (χ0n) is 10.5. The maximum atomic E-state index is 5.14. The van der Waals surface area contributed by atoms with Gasteiger partial charge in [0.15, 0.2) is 0 Å². The Bertz CT molecular complexity index is 390. The number of hydrogen-bond acceptors (Lipinski definition) is 1. The Morgan fingerprint density at radius 1 is 1.18 bits per heavy atom. The van der Waals surface area contributed by atoms with Gasteiger partial charge in [-0.3, -0.25) is 0 Å². The second-order valence-electron chi connectivity index (χ2n) is 4.72. The molecule has 1 saturated carbocycles. The summed E-state index contributed by atoms with van der Waals surface area (Å²) in [5, 5.41) is 0. The molecule has 1 aliphatic rings. The maximum Gasteiger partial charge on any atom is 0.118 e. The molecule has 0 amide bonds. The van der Waals surface area contributed by atoms with Crippen molar-refractivity contribution in [1.82, 2.24) is 0 Å². The van der Waals surface area contributed by atoms with E-state index in [1.807, 2.05) is 12.1 Å². The second kappa shape index (κ2) is 5.72. The molecule has 2 rings (SSSR count). The van der Waals surface area contributed by atoms with Crippen LogP contribution in [0.2, 0.25) is 0 Å². The number of allylic oxidation sites excluding steroid dienone is 2. The molecule has 0 spiro atoms. The Balaban J connectivity index is 1.93. The molecule has 0 saturated heterocycles. The van der Waals surface area contributed by atoms with Gasteiger partial charge in [0.05, 0.1) is 7.11 Å². The third-order valence-corrected chi connectivity index (χ3v) is 3.41. The average Bonchev–Trinajstić information content (AvgIpc) is 2.39.